The summed E-state index contributed by atoms with van der Waals surface area (Å²) in [7, 11) is 3.17. The maximum absolute atomic E-state index is 11.5. The number of esters is 1. The van der Waals surface area contributed by atoms with E-state index in [2.05, 4.69) is 4.90 Å². The molecule has 1 atom stereocenters. The zero-order valence-electron chi connectivity index (χ0n) is 10.1. The number of hydrogen-bond acceptors (Lipinski definition) is 4. The molecular formula is C11H21NO3. The Bertz CT molecular complexity index is 228. The predicted molar refractivity (Wildman–Crippen MR) is 57.7 cm³/mol. The van der Waals surface area contributed by atoms with Gasteiger partial charge in [-0.25, -0.2) is 0 Å². The molecule has 0 aromatic rings. The molecule has 0 aromatic heterocycles. The summed E-state index contributed by atoms with van der Waals surface area (Å²) in [4.78, 5) is 13.7. The van der Waals surface area contributed by atoms with E-state index in [4.69, 9.17) is 9.47 Å². The molecule has 0 amide bonds. The minimum Gasteiger partial charge on any atom is -0.469 e. The highest BCUT2D eigenvalue weighted by atomic mass is 16.5. The van der Waals surface area contributed by atoms with Gasteiger partial charge in [-0.2, -0.15) is 0 Å². The molecule has 0 spiro atoms. The summed E-state index contributed by atoms with van der Waals surface area (Å²) in [6, 6.07) is 0. The SMILES string of the molecule is COC(=O)C(C)(C)CN1CCC(OC)C1. The van der Waals surface area contributed by atoms with Gasteiger partial charge in [0.25, 0.3) is 0 Å². The second-order valence-electron chi connectivity index (χ2n) is 4.76. The quantitative estimate of drug-likeness (QED) is 0.653. The molecule has 1 rings (SSSR count). The van der Waals surface area contributed by atoms with Gasteiger partial charge in [-0.15, -0.1) is 0 Å². The summed E-state index contributed by atoms with van der Waals surface area (Å²) in [5.74, 6) is -0.150. The molecule has 15 heavy (non-hydrogen) atoms. The van der Waals surface area contributed by atoms with Crippen LogP contribution >= 0.6 is 0 Å². The van der Waals surface area contributed by atoms with Gasteiger partial charge >= 0.3 is 5.97 Å². The van der Waals surface area contributed by atoms with Crippen molar-refractivity contribution in [2.45, 2.75) is 26.4 Å². The molecule has 4 heteroatoms. The summed E-state index contributed by atoms with van der Waals surface area (Å²) in [6.45, 7) is 6.48. The van der Waals surface area contributed by atoms with Crippen molar-refractivity contribution in [3.8, 4) is 0 Å². The molecule has 0 bridgehead atoms. The lowest BCUT2D eigenvalue weighted by molar-refractivity contribution is -0.151. The van der Waals surface area contributed by atoms with Crippen molar-refractivity contribution in [3.63, 3.8) is 0 Å². The van der Waals surface area contributed by atoms with E-state index < -0.39 is 5.41 Å². The average Bonchev–Trinajstić information content (AvgIpc) is 2.63. The predicted octanol–water partition coefficient (Wildman–Crippen LogP) is 0.906. The lowest BCUT2D eigenvalue weighted by Gasteiger charge is -2.27. The molecule has 0 saturated carbocycles. The molecule has 1 heterocycles. The van der Waals surface area contributed by atoms with Crippen molar-refractivity contribution in [1.82, 2.24) is 4.90 Å². The first-order chi connectivity index (χ1) is 6.99. The van der Waals surface area contributed by atoms with Gasteiger partial charge in [0.2, 0.25) is 0 Å². The maximum Gasteiger partial charge on any atom is 0.312 e. The van der Waals surface area contributed by atoms with Gasteiger partial charge in [0, 0.05) is 26.7 Å². The first-order valence-electron chi connectivity index (χ1n) is 5.33. The number of likely N-dealkylation sites (tertiary alicyclic amines) is 1. The van der Waals surface area contributed by atoms with Crippen LogP contribution < -0.4 is 0 Å². The Morgan fingerprint density at radius 3 is 2.60 bits per heavy atom. The van der Waals surface area contributed by atoms with Crippen LogP contribution in [0.3, 0.4) is 0 Å². The Morgan fingerprint density at radius 1 is 1.47 bits per heavy atom. The number of carbonyl (C=O) groups excluding carboxylic acids is 1. The minimum atomic E-state index is -0.433. The molecule has 0 aromatic carbocycles. The standard InChI is InChI=1S/C11H21NO3/c1-11(2,10(13)15-4)8-12-6-5-9(7-12)14-3/h9H,5-8H2,1-4H3. The molecule has 1 unspecified atom stereocenters. The van der Waals surface area contributed by atoms with E-state index in [1.807, 2.05) is 13.8 Å². The number of carbonyl (C=O) groups is 1. The van der Waals surface area contributed by atoms with Crippen LogP contribution in [0.15, 0.2) is 0 Å². The van der Waals surface area contributed by atoms with E-state index in [0.29, 0.717) is 6.10 Å². The van der Waals surface area contributed by atoms with Gasteiger partial charge in [-0.05, 0) is 20.3 Å². The third-order valence-corrected chi connectivity index (χ3v) is 2.92. The minimum absolute atomic E-state index is 0.150. The van der Waals surface area contributed by atoms with E-state index in [9.17, 15) is 4.79 Å². The normalized spacial score (nSPS) is 23.1. The van der Waals surface area contributed by atoms with Crippen molar-refractivity contribution in [2.24, 2.45) is 5.41 Å². The van der Waals surface area contributed by atoms with Gasteiger partial charge in [-0.1, -0.05) is 0 Å². The van der Waals surface area contributed by atoms with E-state index in [0.717, 1.165) is 26.1 Å². The van der Waals surface area contributed by atoms with Gasteiger partial charge in [-0.3, -0.25) is 9.69 Å². The topological polar surface area (TPSA) is 38.8 Å². The molecule has 1 aliphatic heterocycles. The Morgan fingerprint density at radius 2 is 2.13 bits per heavy atom. The van der Waals surface area contributed by atoms with Crippen molar-refractivity contribution < 1.29 is 14.3 Å². The molecule has 1 aliphatic rings. The highest BCUT2D eigenvalue weighted by molar-refractivity contribution is 5.76. The van der Waals surface area contributed by atoms with Crippen molar-refractivity contribution >= 4 is 5.97 Å². The molecule has 0 N–H and O–H groups in total. The summed E-state index contributed by atoms with van der Waals surface area (Å²) in [6.07, 6.45) is 1.37. The smallest absolute Gasteiger partial charge is 0.312 e. The van der Waals surface area contributed by atoms with Gasteiger partial charge in [0.05, 0.1) is 18.6 Å². The number of ether oxygens (including phenoxy) is 2. The van der Waals surface area contributed by atoms with E-state index in [1.165, 1.54) is 7.11 Å². The van der Waals surface area contributed by atoms with Crippen LogP contribution in [-0.4, -0.2) is 50.8 Å². The Kier molecular flexibility index (Phi) is 4.11. The summed E-state index contributed by atoms with van der Waals surface area (Å²) >= 11 is 0. The fourth-order valence-corrected chi connectivity index (χ4v) is 2.03. The van der Waals surface area contributed by atoms with Crippen LogP contribution in [0.2, 0.25) is 0 Å². The van der Waals surface area contributed by atoms with E-state index in [-0.39, 0.29) is 5.97 Å². The molecule has 4 nitrogen and oxygen atoms in total. The maximum atomic E-state index is 11.5. The molecule has 0 aliphatic carbocycles. The number of nitrogens with zero attached hydrogens (tertiary/aromatic N) is 1. The zero-order chi connectivity index (χ0) is 11.5. The highest BCUT2D eigenvalue weighted by Gasteiger charge is 2.33. The fraction of sp³-hybridized carbons (Fsp3) is 0.909. The third kappa shape index (κ3) is 3.18. The Labute approximate surface area is 91.5 Å². The molecular weight excluding hydrogens is 194 g/mol. The molecule has 1 fully saturated rings. The Hall–Kier alpha value is -0.610. The second kappa shape index (κ2) is 4.94. The monoisotopic (exact) mass is 215 g/mol. The van der Waals surface area contributed by atoms with Gasteiger partial charge in [0.15, 0.2) is 0 Å². The van der Waals surface area contributed by atoms with E-state index in [1.54, 1.807) is 7.11 Å². The first kappa shape index (κ1) is 12.5. The van der Waals surface area contributed by atoms with Gasteiger partial charge < -0.3 is 9.47 Å². The van der Waals surface area contributed by atoms with E-state index >= 15 is 0 Å². The largest absolute Gasteiger partial charge is 0.469 e. The molecule has 0 radical (unpaired) electrons. The summed E-state index contributed by atoms with van der Waals surface area (Å²) < 4.78 is 10.1. The van der Waals surface area contributed by atoms with Crippen LogP contribution in [-0.2, 0) is 14.3 Å². The zero-order valence-corrected chi connectivity index (χ0v) is 10.1. The van der Waals surface area contributed by atoms with Gasteiger partial charge in [0.1, 0.15) is 0 Å². The third-order valence-electron chi connectivity index (χ3n) is 2.92. The lowest BCUT2D eigenvalue weighted by Crippen LogP contribution is -2.39. The average molecular weight is 215 g/mol. The fourth-order valence-electron chi connectivity index (χ4n) is 2.03. The second-order valence-corrected chi connectivity index (χ2v) is 4.76. The van der Waals surface area contributed by atoms with Crippen LogP contribution in [0.5, 0.6) is 0 Å². The first-order valence-corrected chi connectivity index (χ1v) is 5.33. The Balaban J connectivity index is 2.45. The van der Waals surface area contributed by atoms with Crippen molar-refractivity contribution in [3.05, 3.63) is 0 Å². The number of rotatable bonds is 4. The van der Waals surface area contributed by atoms with Crippen LogP contribution in [0, 0.1) is 5.41 Å². The summed E-state index contributed by atoms with van der Waals surface area (Å²) in [5.41, 5.74) is -0.433. The van der Waals surface area contributed by atoms with Crippen LogP contribution in [0.1, 0.15) is 20.3 Å². The lowest BCUT2D eigenvalue weighted by atomic mass is 9.93. The molecule has 1 saturated heterocycles. The van der Waals surface area contributed by atoms with Crippen molar-refractivity contribution in [2.75, 3.05) is 33.9 Å². The van der Waals surface area contributed by atoms with Crippen LogP contribution in [0.4, 0.5) is 0 Å². The summed E-state index contributed by atoms with van der Waals surface area (Å²) in [5, 5.41) is 0. The highest BCUT2D eigenvalue weighted by Crippen LogP contribution is 2.22. The number of hydrogen-bond donors (Lipinski definition) is 0. The number of methoxy groups -OCH3 is 2. The van der Waals surface area contributed by atoms with Crippen molar-refractivity contribution in [1.29, 1.82) is 0 Å². The van der Waals surface area contributed by atoms with Crippen LogP contribution in [0.25, 0.3) is 0 Å². The molecule has 88 valence electrons.